The Labute approximate surface area is 213 Å². The highest BCUT2D eigenvalue weighted by Crippen LogP contribution is 2.19. The number of H-pyrrole nitrogens is 1. The maximum Gasteiger partial charge on any atom is 0.222 e. The van der Waals surface area contributed by atoms with E-state index in [4.69, 9.17) is 4.99 Å². The number of rotatable bonds is 8. The van der Waals surface area contributed by atoms with Gasteiger partial charge in [-0.25, -0.2) is 4.99 Å². The van der Waals surface area contributed by atoms with Gasteiger partial charge in [0, 0.05) is 49.7 Å². The molecule has 7 heteroatoms. The molecule has 1 aliphatic rings. The Kier molecular flexibility index (Phi) is 9.17. The molecular formula is C26H34IN5O. The van der Waals surface area contributed by atoms with Crippen molar-refractivity contribution in [3.05, 3.63) is 70.9 Å². The standard InChI is InChI=1S/C26H33N5O.HI/c1-3-27-26(28-12-11-22-17-29-24-14-19(2)9-10-23(22)24)30-16-20-6-4-7-21(15-20)18-31-13-5-8-25(31)32;/h4,6-7,9-10,14-15,17,29H,3,5,8,11-13,16,18H2,1-2H3,(H2,27,28,30);1H. The van der Waals surface area contributed by atoms with Crippen molar-refractivity contribution in [1.29, 1.82) is 0 Å². The molecule has 4 rings (SSSR count). The SMILES string of the molecule is CCNC(=NCc1cccc(CN2CCCC2=O)c1)NCCc1c[nH]c2cc(C)ccc12.I. The lowest BCUT2D eigenvalue weighted by Crippen LogP contribution is -2.38. The van der Waals surface area contributed by atoms with Crippen LogP contribution < -0.4 is 10.6 Å². The summed E-state index contributed by atoms with van der Waals surface area (Å²) >= 11 is 0. The lowest BCUT2D eigenvalue weighted by molar-refractivity contribution is -0.128. The monoisotopic (exact) mass is 559 g/mol. The molecule has 0 spiro atoms. The summed E-state index contributed by atoms with van der Waals surface area (Å²) in [7, 11) is 0. The van der Waals surface area contributed by atoms with Crippen LogP contribution in [0.4, 0.5) is 0 Å². The maximum absolute atomic E-state index is 11.9. The van der Waals surface area contributed by atoms with Gasteiger partial charge in [-0.2, -0.15) is 0 Å². The molecule has 0 atom stereocenters. The van der Waals surface area contributed by atoms with Crippen LogP contribution in [0.5, 0.6) is 0 Å². The number of amides is 1. The third kappa shape index (κ3) is 6.72. The second kappa shape index (κ2) is 12.1. The van der Waals surface area contributed by atoms with Gasteiger partial charge >= 0.3 is 0 Å². The Morgan fingerprint density at radius 1 is 1.15 bits per heavy atom. The van der Waals surface area contributed by atoms with Crippen LogP contribution in [0.1, 0.15) is 42.0 Å². The number of aromatic amines is 1. The van der Waals surface area contributed by atoms with Gasteiger partial charge in [-0.1, -0.05) is 36.4 Å². The molecule has 1 fully saturated rings. The van der Waals surface area contributed by atoms with Gasteiger partial charge in [0.25, 0.3) is 0 Å². The zero-order chi connectivity index (χ0) is 22.3. The van der Waals surface area contributed by atoms with Crippen LogP contribution in [0.3, 0.4) is 0 Å². The fourth-order valence-electron chi connectivity index (χ4n) is 4.25. The molecule has 1 amide bonds. The number of aryl methyl sites for hydroxylation is 1. The van der Waals surface area contributed by atoms with Gasteiger partial charge in [-0.3, -0.25) is 4.79 Å². The number of halogens is 1. The van der Waals surface area contributed by atoms with Crippen molar-refractivity contribution in [2.75, 3.05) is 19.6 Å². The number of hydrogen-bond donors (Lipinski definition) is 3. The number of aromatic nitrogens is 1. The molecule has 1 aliphatic heterocycles. The Morgan fingerprint density at radius 3 is 2.79 bits per heavy atom. The van der Waals surface area contributed by atoms with E-state index in [2.05, 4.69) is 78.1 Å². The molecule has 3 N–H and O–H groups in total. The minimum absolute atomic E-state index is 0. The summed E-state index contributed by atoms with van der Waals surface area (Å²) in [6, 6.07) is 14.9. The maximum atomic E-state index is 11.9. The van der Waals surface area contributed by atoms with E-state index in [9.17, 15) is 4.79 Å². The number of likely N-dealkylation sites (tertiary alicyclic amines) is 1. The molecule has 176 valence electrons. The lowest BCUT2D eigenvalue weighted by Gasteiger charge is -2.16. The first kappa shape index (κ1) is 25.1. The molecule has 1 saturated heterocycles. The molecule has 0 unspecified atom stereocenters. The highest BCUT2D eigenvalue weighted by molar-refractivity contribution is 14.0. The van der Waals surface area contributed by atoms with E-state index in [0.717, 1.165) is 44.0 Å². The van der Waals surface area contributed by atoms with Crippen molar-refractivity contribution < 1.29 is 4.79 Å². The highest BCUT2D eigenvalue weighted by Gasteiger charge is 2.19. The number of benzene rings is 2. The second-order valence-corrected chi connectivity index (χ2v) is 8.47. The number of guanidine groups is 1. The first-order valence-electron chi connectivity index (χ1n) is 11.6. The Hall–Kier alpha value is -2.55. The smallest absolute Gasteiger partial charge is 0.222 e. The molecule has 1 aromatic heterocycles. The molecule has 0 radical (unpaired) electrons. The van der Waals surface area contributed by atoms with Crippen LogP contribution in [-0.4, -0.2) is 41.4 Å². The minimum Gasteiger partial charge on any atom is -0.361 e. The number of nitrogens with one attached hydrogen (secondary N) is 3. The summed E-state index contributed by atoms with van der Waals surface area (Å²) in [5, 5.41) is 8.08. The van der Waals surface area contributed by atoms with Gasteiger partial charge in [0.1, 0.15) is 0 Å². The van der Waals surface area contributed by atoms with Gasteiger partial charge in [0.15, 0.2) is 5.96 Å². The quantitative estimate of drug-likeness (QED) is 0.216. The van der Waals surface area contributed by atoms with Gasteiger partial charge in [0.05, 0.1) is 6.54 Å². The third-order valence-corrected chi connectivity index (χ3v) is 5.91. The molecule has 33 heavy (non-hydrogen) atoms. The van der Waals surface area contributed by atoms with Gasteiger partial charge in [-0.05, 0) is 55.0 Å². The third-order valence-electron chi connectivity index (χ3n) is 5.91. The lowest BCUT2D eigenvalue weighted by atomic mass is 10.1. The second-order valence-electron chi connectivity index (χ2n) is 8.47. The fraction of sp³-hybridized carbons (Fsp3) is 0.385. The fourth-order valence-corrected chi connectivity index (χ4v) is 4.25. The van der Waals surface area contributed by atoms with Gasteiger partial charge in [-0.15, -0.1) is 24.0 Å². The van der Waals surface area contributed by atoms with Crippen LogP contribution in [0.15, 0.2) is 53.7 Å². The van der Waals surface area contributed by atoms with Crippen molar-refractivity contribution >= 4 is 46.7 Å². The number of hydrogen-bond acceptors (Lipinski definition) is 2. The number of aliphatic imine (C=N–C) groups is 1. The van der Waals surface area contributed by atoms with Crippen LogP contribution in [-0.2, 0) is 24.3 Å². The highest BCUT2D eigenvalue weighted by atomic mass is 127. The van der Waals surface area contributed by atoms with E-state index in [1.165, 1.54) is 27.6 Å². The zero-order valence-corrected chi connectivity index (χ0v) is 21.8. The van der Waals surface area contributed by atoms with E-state index >= 15 is 0 Å². The molecule has 2 heterocycles. The van der Waals surface area contributed by atoms with Crippen molar-refractivity contribution in [3.8, 4) is 0 Å². The van der Waals surface area contributed by atoms with Crippen LogP contribution in [0.2, 0.25) is 0 Å². The van der Waals surface area contributed by atoms with Crippen molar-refractivity contribution in [3.63, 3.8) is 0 Å². The zero-order valence-electron chi connectivity index (χ0n) is 19.5. The summed E-state index contributed by atoms with van der Waals surface area (Å²) in [6.07, 6.45) is 4.68. The summed E-state index contributed by atoms with van der Waals surface area (Å²) in [5.74, 6) is 1.08. The number of carbonyl (C=O) groups excluding carboxylic acids is 1. The van der Waals surface area contributed by atoms with Crippen LogP contribution >= 0.6 is 24.0 Å². The first-order valence-corrected chi connectivity index (χ1v) is 11.6. The van der Waals surface area contributed by atoms with E-state index in [0.29, 0.717) is 19.5 Å². The van der Waals surface area contributed by atoms with Gasteiger partial charge < -0.3 is 20.5 Å². The van der Waals surface area contributed by atoms with E-state index in [-0.39, 0.29) is 29.9 Å². The van der Waals surface area contributed by atoms with E-state index in [1.807, 2.05) is 4.90 Å². The largest absolute Gasteiger partial charge is 0.361 e. The average Bonchev–Trinajstić information content (AvgIpc) is 3.38. The summed E-state index contributed by atoms with van der Waals surface area (Å²) in [5.41, 5.74) is 6.09. The Morgan fingerprint density at radius 2 is 2.00 bits per heavy atom. The van der Waals surface area contributed by atoms with E-state index in [1.54, 1.807) is 0 Å². The molecule has 0 aliphatic carbocycles. The predicted octanol–water partition coefficient (Wildman–Crippen LogP) is 4.51. The number of fused-ring (bicyclic) bond motifs is 1. The molecule has 0 bridgehead atoms. The number of carbonyl (C=O) groups is 1. The Balaban J connectivity index is 0.00000306. The summed E-state index contributed by atoms with van der Waals surface area (Å²) < 4.78 is 0. The van der Waals surface area contributed by atoms with Crippen molar-refractivity contribution in [2.24, 2.45) is 4.99 Å². The van der Waals surface area contributed by atoms with Crippen molar-refractivity contribution in [1.82, 2.24) is 20.5 Å². The molecule has 3 aromatic rings. The number of nitrogens with zero attached hydrogens (tertiary/aromatic N) is 2. The topological polar surface area (TPSA) is 72.5 Å². The van der Waals surface area contributed by atoms with Crippen LogP contribution in [0, 0.1) is 6.92 Å². The Bertz CT molecular complexity index is 1110. The summed E-state index contributed by atoms with van der Waals surface area (Å²) in [6.45, 7) is 7.97. The first-order chi connectivity index (χ1) is 15.6. The molecular weight excluding hydrogens is 525 g/mol. The van der Waals surface area contributed by atoms with E-state index < -0.39 is 0 Å². The molecule has 6 nitrogen and oxygen atoms in total. The summed E-state index contributed by atoms with van der Waals surface area (Å²) in [4.78, 5) is 22.0. The normalized spacial score (nSPS) is 13.9. The molecule has 2 aromatic carbocycles. The van der Waals surface area contributed by atoms with Crippen LogP contribution in [0.25, 0.3) is 10.9 Å². The average molecular weight is 559 g/mol. The minimum atomic E-state index is 0. The van der Waals surface area contributed by atoms with Gasteiger partial charge in [0.2, 0.25) is 5.91 Å². The predicted molar refractivity (Wildman–Crippen MR) is 146 cm³/mol. The molecule has 0 saturated carbocycles. The van der Waals surface area contributed by atoms with Crippen molar-refractivity contribution in [2.45, 2.75) is 46.2 Å².